The molecule has 1 aliphatic rings. The molecule has 17 heavy (non-hydrogen) atoms. The van der Waals surface area contributed by atoms with E-state index in [1.54, 1.807) is 0 Å². The van der Waals surface area contributed by atoms with E-state index < -0.39 is 5.97 Å². The number of hydrogen-bond donors (Lipinski definition) is 1. The van der Waals surface area contributed by atoms with E-state index in [2.05, 4.69) is 6.92 Å². The molecule has 0 spiro atoms. The van der Waals surface area contributed by atoms with Crippen molar-refractivity contribution < 1.29 is 19.1 Å². The van der Waals surface area contributed by atoms with Crippen molar-refractivity contribution in [2.75, 3.05) is 0 Å². The number of carboxylic acids is 1. The maximum absolute atomic E-state index is 10.9. The maximum atomic E-state index is 10.9. The number of carboxylic acid groups (broad SMARTS) is 1. The van der Waals surface area contributed by atoms with E-state index in [0.717, 1.165) is 6.42 Å². The Morgan fingerprint density at radius 1 is 1.53 bits per heavy atom. The fraction of sp³-hybridized carbons (Fsp3) is 0.615. The lowest BCUT2D eigenvalue weighted by Gasteiger charge is -2.28. The molecule has 0 aliphatic heterocycles. The highest BCUT2D eigenvalue weighted by molar-refractivity contribution is 5.88. The molecule has 0 saturated heterocycles. The van der Waals surface area contributed by atoms with Crippen LogP contribution in [0.4, 0.5) is 0 Å². The highest BCUT2D eigenvalue weighted by atomic mass is 16.5. The van der Waals surface area contributed by atoms with Crippen LogP contribution in [0, 0.1) is 5.92 Å². The van der Waals surface area contributed by atoms with Crippen LogP contribution in [0.15, 0.2) is 16.7 Å². The van der Waals surface area contributed by atoms with Gasteiger partial charge in [0.25, 0.3) is 0 Å². The molecule has 1 aromatic rings. The number of ether oxygens (including phenoxy) is 1. The van der Waals surface area contributed by atoms with Gasteiger partial charge in [-0.25, -0.2) is 4.79 Å². The molecule has 94 valence electrons. The third-order valence-electron chi connectivity index (χ3n) is 3.44. The van der Waals surface area contributed by atoms with Crippen LogP contribution in [-0.2, 0) is 11.3 Å². The Kier molecular flexibility index (Phi) is 3.84. The van der Waals surface area contributed by atoms with Crippen LogP contribution in [-0.4, -0.2) is 17.2 Å². The molecule has 0 bridgehead atoms. The van der Waals surface area contributed by atoms with Gasteiger partial charge in [0.05, 0.1) is 12.4 Å². The first kappa shape index (κ1) is 12.2. The summed E-state index contributed by atoms with van der Waals surface area (Å²) in [4.78, 5) is 10.9. The smallest absolute Gasteiger partial charge is 0.339 e. The Hall–Kier alpha value is -1.29. The van der Waals surface area contributed by atoms with Gasteiger partial charge in [-0.15, -0.1) is 0 Å². The van der Waals surface area contributed by atoms with Crippen molar-refractivity contribution in [3.8, 4) is 0 Å². The van der Waals surface area contributed by atoms with Gasteiger partial charge in [-0.3, -0.25) is 0 Å². The lowest BCUT2D eigenvalue weighted by Crippen LogP contribution is -2.25. The van der Waals surface area contributed by atoms with Gasteiger partial charge in [-0.05, 0) is 24.8 Å². The summed E-state index contributed by atoms with van der Waals surface area (Å²) in [5, 5.41) is 8.93. The van der Waals surface area contributed by atoms with Crippen LogP contribution >= 0.6 is 0 Å². The van der Waals surface area contributed by atoms with E-state index in [0.29, 0.717) is 11.7 Å². The molecular weight excluding hydrogens is 220 g/mol. The van der Waals surface area contributed by atoms with Gasteiger partial charge < -0.3 is 14.3 Å². The molecule has 1 N–H and O–H groups in total. The lowest BCUT2D eigenvalue weighted by molar-refractivity contribution is -0.0224. The van der Waals surface area contributed by atoms with Crippen LogP contribution < -0.4 is 0 Å². The zero-order valence-corrected chi connectivity index (χ0v) is 10.0. The molecule has 2 atom stereocenters. The molecule has 0 radical (unpaired) electrons. The lowest BCUT2D eigenvalue weighted by atomic mass is 9.88. The zero-order chi connectivity index (χ0) is 12.3. The van der Waals surface area contributed by atoms with Crippen molar-refractivity contribution in [2.24, 2.45) is 5.92 Å². The van der Waals surface area contributed by atoms with Gasteiger partial charge >= 0.3 is 5.97 Å². The van der Waals surface area contributed by atoms with E-state index >= 15 is 0 Å². The highest BCUT2D eigenvalue weighted by Gasteiger charge is 2.23. The van der Waals surface area contributed by atoms with E-state index in [1.807, 2.05) is 0 Å². The molecule has 1 aliphatic carbocycles. The summed E-state index contributed by atoms with van der Waals surface area (Å²) >= 11 is 0. The van der Waals surface area contributed by atoms with Gasteiger partial charge in [0.15, 0.2) is 0 Å². The fourth-order valence-corrected chi connectivity index (χ4v) is 2.36. The van der Waals surface area contributed by atoms with Crippen molar-refractivity contribution in [1.29, 1.82) is 0 Å². The zero-order valence-electron chi connectivity index (χ0n) is 10.0. The van der Waals surface area contributed by atoms with Crippen molar-refractivity contribution >= 4 is 5.97 Å². The van der Waals surface area contributed by atoms with Crippen molar-refractivity contribution in [1.82, 2.24) is 0 Å². The minimum atomic E-state index is -0.964. The number of furan rings is 1. The van der Waals surface area contributed by atoms with Crippen LogP contribution in [0.25, 0.3) is 0 Å². The van der Waals surface area contributed by atoms with E-state index in [9.17, 15) is 4.79 Å². The molecule has 0 aromatic carbocycles. The summed E-state index contributed by atoms with van der Waals surface area (Å²) in [7, 11) is 0. The van der Waals surface area contributed by atoms with Crippen molar-refractivity contribution in [3.63, 3.8) is 0 Å². The SMILES string of the molecule is CC1CCCCC1OCc1occc1C(=O)O. The molecule has 0 amide bonds. The first-order valence-corrected chi connectivity index (χ1v) is 6.09. The molecule has 1 aromatic heterocycles. The number of hydrogen-bond acceptors (Lipinski definition) is 3. The Morgan fingerprint density at radius 3 is 3.00 bits per heavy atom. The predicted octanol–water partition coefficient (Wildman–Crippen LogP) is 3.07. The summed E-state index contributed by atoms with van der Waals surface area (Å²) < 4.78 is 10.9. The molecule has 2 unspecified atom stereocenters. The second-order valence-electron chi connectivity index (χ2n) is 4.67. The minimum absolute atomic E-state index is 0.202. The van der Waals surface area contributed by atoms with Crippen LogP contribution in [0.1, 0.15) is 48.7 Å². The summed E-state index contributed by atoms with van der Waals surface area (Å²) in [6.45, 7) is 2.44. The molecule has 1 fully saturated rings. The normalized spacial score (nSPS) is 24.8. The Bertz CT molecular complexity index is 383. The van der Waals surface area contributed by atoms with Crippen LogP contribution in [0.5, 0.6) is 0 Å². The van der Waals surface area contributed by atoms with Gasteiger partial charge in [-0.2, -0.15) is 0 Å². The standard InChI is InChI=1S/C13H18O4/c1-9-4-2-3-5-11(9)17-8-12-10(13(14)15)6-7-16-12/h6-7,9,11H,2-5,8H2,1H3,(H,14,15). The summed E-state index contributed by atoms with van der Waals surface area (Å²) in [5.74, 6) is -0.00342. The quantitative estimate of drug-likeness (QED) is 0.875. The second kappa shape index (κ2) is 5.36. The largest absolute Gasteiger partial charge is 0.478 e. The minimum Gasteiger partial charge on any atom is -0.478 e. The average Bonchev–Trinajstić information content (AvgIpc) is 2.76. The second-order valence-corrected chi connectivity index (χ2v) is 4.67. The van der Waals surface area contributed by atoms with E-state index in [1.165, 1.54) is 31.6 Å². The number of aromatic carboxylic acids is 1. The van der Waals surface area contributed by atoms with E-state index in [-0.39, 0.29) is 18.3 Å². The predicted molar refractivity (Wildman–Crippen MR) is 61.9 cm³/mol. The van der Waals surface area contributed by atoms with Gasteiger partial charge in [0.2, 0.25) is 0 Å². The van der Waals surface area contributed by atoms with Crippen molar-refractivity contribution in [2.45, 2.75) is 45.3 Å². The van der Waals surface area contributed by atoms with Gasteiger partial charge in [-0.1, -0.05) is 19.8 Å². The molecule has 1 saturated carbocycles. The molecule has 2 rings (SSSR count). The first-order chi connectivity index (χ1) is 8.18. The summed E-state index contributed by atoms with van der Waals surface area (Å²) in [6, 6.07) is 1.46. The van der Waals surface area contributed by atoms with Crippen molar-refractivity contribution in [3.05, 3.63) is 23.7 Å². The summed E-state index contributed by atoms with van der Waals surface area (Å²) in [5.41, 5.74) is 0.202. The highest BCUT2D eigenvalue weighted by Crippen LogP contribution is 2.27. The molecule has 1 heterocycles. The Labute approximate surface area is 101 Å². The van der Waals surface area contributed by atoms with Gasteiger partial charge in [0.1, 0.15) is 17.9 Å². The number of carbonyl (C=O) groups is 1. The maximum Gasteiger partial charge on any atom is 0.339 e. The summed E-state index contributed by atoms with van der Waals surface area (Å²) in [6.07, 6.45) is 6.34. The Balaban J connectivity index is 1.92. The average molecular weight is 238 g/mol. The molecule has 4 nitrogen and oxygen atoms in total. The topological polar surface area (TPSA) is 59.7 Å². The van der Waals surface area contributed by atoms with Crippen LogP contribution in [0.2, 0.25) is 0 Å². The molecular formula is C13H18O4. The fourth-order valence-electron chi connectivity index (χ4n) is 2.36. The third kappa shape index (κ3) is 2.88. The van der Waals surface area contributed by atoms with Crippen LogP contribution in [0.3, 0.4) is 0 Å². The van der Waals surface area contributed by atoms with E-state index in [4.69, 9.17) is 14.3 Å². The first-order valence-electron chi connectivity index (χ1n) is 6.09. The van der Waals surface area contributed by atoms with Gasteiger partial charge in [0, 0.05) is 0 Å². The Morgan fingerprint density at radius 2 is 2.29 bits per heavy atom. The molecule has 4 heteroatoms. The monoisotopic (exact) mass is 238 g/mol. The third-order valence-corrected chi connectivity index (χ3v) is 3.44. The number of rotatable bonds is 4.